The number of fused-ring (bicyclic) bond motifs is 2. The van der Waals surface area contributed by atoms with Gasteiger partial charge in [-0.3, -0.25) is 0 Å². The largest absolute Gasteiger partial charge is 0.393 e. The molecule has 1 saturated carbocycles. The lowest BCUT2D eigenvalue weighted by molar-refractivity contribution is 0.151. The predicted molar refractivity (Wildman–Crippen MR) is 106 cm³/mol. The van der Waals surface area contributed by atoms with Gasteiger partial charge in [-0.1, -0.05) is 42.5 Å². The Balaban J connectivity index is 1.56. The summed E-state index contributed by atoms with van der Waals surface area (Å²) in [6.45, 7) is 4.00. The minimum Gasteiger partial charge on any atom is -0.393 e. The molecule has 1 fully saturated rings. The van der Waals surface area contributed by atoms with Gasteiger partial charge in [-0.05, 0) is 36.5 Å². The molecule has 1 aliphatic rings. The average molecular weight is 358 g/mol. The first kappa shape index (κ1) is 16.2. The van der Waals surface area contributed by atoms with Gasteiger partial charge in [-0.25, -0.2) is 15.0 Å². The van der Waals surface area contributed by atoms with E-state index < -0.39 is 0 Å². The minimum atomic E-state index is -0.370. The second kappa shape index (κ2) is 6.32. The highest BCUT2D eigenvalue weighted by Crippen LogP contribution is 2.31. The van der Waals surface area contributed by atoms with Crippen LogP contribution in [0.3, 0.4) is 0 Å². The van der Waals surface area contributed by atoms with Crippen molar-refractivity contribution in [2.45, 2.75) is 25.0 Å². The summed E-state index contributed by atoms with van der Waals surface area (Å²) >= 11 is 0. The van der Waals surface area contributed by atoms with Gasteiger partial charge in [0.1, 0.15) is 12.2 Å². The summed E-state index contributed by atoms with van der Waals surface area (Å²) in [5, 5.41) is 15.7. The SMILES string of the molecule is [CH2][C@H]1C[C@@H](Nc2ncnc3[nH]c(-c4cccc5ccccc45)nc23)C[C@@H]1O. The molecule has 0 amide bonds. The third kappa shape index (κ3) is 2.82. The Morgan fingerprint density at radius 3 is 2.78 bits per heavy atom. The quantitative estimate of drug-likeness (QED) is 0.521. The lowest BCUT2D eigenvalue weighted by Crippen LogP contribution is -2.17. The number of aliphatic hydroxyl groups excluding tert-OH is 1. The fourth-order valence-corrected chi connectivity index (χ4v) is 3.91. The van der Waals surface area contributed by atoms with Crippen LogP contribution in [0.5, 0.6) is 0 Å². The first-order valence-corrected chi connectivity index (χ1v) is 9.15. The minimum absolute atomic E-state index is 0.0465. The number of hydrogen-bond donors (Lipinski definition) is 3. The van der Waals surface area contributed by atoms with Crippen LogP contribution in [-0.2, 0) is 0 Å². The molecule has 1 aliphatic carbocycles. The van der Waals surface area contributed by atoms with Crippen molar-refractivity contribution in [2.75, 3.05) is 5.32 Å². The lowest BCUT2D eigenvalue weighted by atomic mass is 10.0. The van der Waals surface area contributed by atoms with Crippen molar-refractivity contribution in [1.82, 2.24) is 19.9 Å². The molecule has 0 saturated heterocycles. The highest BCUT2D eigenvalue weighted by Gasteiger charge is 2.30. The Morgan fingerprint density at radius 1 is 1.07 bits per heavy atom. The number of hydrogen-bond acceptors (Lipinski definition) is 5. The Bertz CT molecular complexity index is 1110. The molecule has 135 valence electrons. The molecule has 0 aliphatic heterocycles. The van der Waals surface area contributed by atoms with E-state index in [2.05, 4.69) is 51.5 Å². The van der Waals surface area contributed by atoms with Crippen LogP contribution in [0.25, 0.3) is 33.3 Å². The molecule has 2 aromatic carbocycles. The first-order valence-electron chi connectivity index (χ1n) is 9.15. The monoisotopic (exact) mass is 358 g/mol. The van der Waals surface area contributed by atoms with E-state index in [0.29, 0.717) is 23.4 Å². The normalized spacial score (nSPS) is 22.5. The zero-order valence-corrected chi connectivity index (χ0v) is 14.8. The summed E-state index contributed by atoms with van der Waals surface area (Å²) in [5.74, 6) is 1.51. The van der Waals surface area contributed by atoms with Crippen molar-refractivity contribution in [3.05, 3.63) is 55.7 Å². The van der Waals surface area contributed by atoms with Gasteiger partial charge in [0.15, 0.2) is 17.0 Å². The zero-order chi connectivity index (χ0) is 18.4. The van der Waals surface area contributed by atoms with Gasteiger partial charge >= 0.3 is 0 Å². The van der Waals surface area contributed by atoms with Crippen LogP contribution in [0.1, 0.15) is 12.8 Å². The van der Waals surface area contributed by atoms with Crippen LogP contribution < -0.4 is 5.32 Å². The second-order valence-electron chi connectivity index (χ2n) is 7.17. The maximum Gasteiger partial charge on any atom is 0.163 e. The summed E-state index contributed by atoms with van der Waals surface area (Å²) in [5.41, 5.74) is 2.44. The fourth-order valence-electron chi connectivity index (χ4n) is 3.91. The maximum atomic E-state index is 9.96. The molecule has 3 N–H and O–H groups in total. The molecule has 0 unspecified atom stereocenters. The predicted octanol–water partition coefficient (Wildman–Crippen LogP) is 3.56. The van der Waals surface area contributed by atoms with Crippen LogP contribution in [0.15, 0.2) is 48.8 Å². The van der Waals surface area contributed by atoms with Crippen LogP contribution in [0.2, 0.25) is 0 Å². The van der Waals surface area contributed by atoms with E-state index in [0.717, 1.165) is 23.2 Å². The van der Waals surface area contributed by atoms with E-state index in [1.807, 2.05) is 18.2 Å². The van der Waals surface area contributed by atoms with Gasteiger partial charge in [0, 0.05) is 11.6 Å². The van der Waals surface area contributed by atoms with Crippen LogP contribution >= 0.6 is 0 Å². The number of imidazole rings is 1. The molecule has 6 nitrogen and oxygen atoms in total. The van der Waals surface area contributed by atoms with Crippen molar-refractivity contribution >= 4 is 27.8 Å². The third-order valence-corrected chi connectivity index (χ3v) is 5.33. The van der Waals surface area contributed by atoms with E-state index in [9.17, 15) is 5.11 Å². The van der Waals surface area contributed by atoms with Crippen molar-refractivity contribution < 1.29 is 5.11 Å². The van der Waals surface area contributed by atoms with Crippen molar-refractivity contribution in [3.8, 4) is 11.4 Å². The van der Waals surface area contributed by atoms with Crippen molar-refractivity contribution in [3.63, 3.8) is 0 Å². The van der Waals surface area contributed by atoms with Gasteiger partial charge in [0.05, 0.1) is 6.10 Å². The maximum absolute atomic E-state index is 9.96. The van der Waals surface area contributed by atoms with Crippen molar-refractivity contribution in [1.29, 1.82) is 0 Å². The third-order valence-electron chi connectivity index (χ3n) is 5.33. The Kier molecular flexibility index (Phi) is 3.79. The van der Waals surface area contributed by atoms with Gasteiger partial charge < -0.3 is 15.4 Å². The summed E-state index contributed by atoms with van der Waals surface area (Å²) in [7, 11) is 0. The van der Waals surface area contributed by atoms with E-state index in [1.54, 1.807) is 0 Å². The highest BCUT2D eigenvalue weighted by atomic mass is 16.3. The summed E-state index contributed by atoms with van der Waals surface area (Å²) in [6, 6.07) is 14.6. The standard InChI is InChI=1S/C21H20N5O/c1-12-9-14(10-17(12)27)24-20-18-21(23-11-22-20)26-19(25-18)16-8-4-6-13-5-2-3-7-15(13)16/h2-8,11-12,14,17,27H,1,9-10H2,(H2,22,23,24,25,26)/t12-,14+,17-/m0/s1. The molecule has 2 aromatic heterocycles. The van der Waals surface area contributed by atoms with Crippen LogP contribution in [0, 0.1) is 12.8 Å². The molecule has 5 rings (SSSR count). The first-order chi connectivity index (χ1) is 13.2. The van der Waals surface area contributed by atoms with Gasteiger partial charge in [-0.2, -0.15) is 0 Å². The molecular formula is C21H20N5O. The molecule has 0 bridgehead atoms. The summed E-state index contributed by atoms with van der Waals surface area (Å²) in [4.78, 5) is 16.8. The van der Waals surface area contributed by atoms with Gasteiger partial charge in [-0.15, -0.1) is 0 Å². The molecular weight excluding hydrogens is 338 g/mol. The lowest BCUT2D eigenvalue weighted by Gasteiger charge is -2.12. The molecule has 3 atom stereocenters. The number of rotatable bonds is 3. The number of aliphatic hydroxyl groups is 1. The van der Waals surface area contributed by atoms with Gasteiger partial charge in [0.25, 0.3) is 0 Å². The number of benzene rings is 2. The zero-order valence-electron chi connectivity index (χ0n) is 14.8. The Hall–Kier alpha value is -2.99. The Labute approximate surface area is 156 Å². The number of nitrogens with one attached hydrogen (secondary N) is 2. The summed E-state index contributed by atoms with van der Waals surface area (Å²) < 4.78 is 0. The Morgan fingerprint density at radius 2 is 1.93 bits per heavy atom. The van der Waals surface area contributed by atoms with Gasteiger partial charge in [0.2, 0.25) is 0 Å². The number of aromatic amines is 1. The molecule has 4 aromatic rings. The van der Waals surface area contributed by atoms with Crippen molar-refractivity contribution in [2.24, 2.45) is 5.92 Å². The molecule has 2 heterocycles. The molecule has 0 spiro atoms. The fraction of sp³-hybridized carbons (Fsp3) is 0.238. The number of H-pyrrole nitrogens is 1. The number of nitrogens with zero attached hydrogens (tertiary/aromatic N) is 3. The number of aromatic nitrogens is 4. The van der Waals surface area contributed by atoms with E-state index in [1.165, 1.54) is 11.7 Å². The van der Waals surface area contributed by atoms with E-state index in [-0.39, 0.29) is 18.1 Å². The van der Waals surface area contributed by atoms with E-state index in [4.69, 9.17) is 4.98 Å². The van der Waals surface area contributed by atoms with Crippen LogP contribution in [-0.4, -0.2) is 37.2 Å². The topological polar surface area (TPSA) is 86.7 Å². The van der Waals surface area contributed by atoms with E-state index >= 15 is 0 Å². The van der Waals surface area contributed by atoms with Crippen LogP contribution in [0.4, 0.5) is 5.82 Å². The smallest absolute Gasteiger partial charge is 0.163 e. The molecule has 27 heavy (non-hydrogen) atoms. The second-order valence-corrected chi connectivity index (χ2v) is 7.17. The molecule has 6 heteroatoms. The highest BCUT2D eigenvalue weighted by molar-refractivity contribution is 5.97. The molecule has 1 radical (unpaired) electrons. The number of anilines is 1. The average Bonchev–Trinajstić information content (AvgIpc) is 3.25. The summed E-state index contributed by atoms with van der Waals surface area (Å²) in [6.07, 6.45) is 2.64.